The number of hydrogen-bond donors (Lipinski definition) is 1. The molecule has 0 amide bonds. The molecule has 0 spiro atoms. The fourth-order valence-corrected chi connectivity index (χ4v) is 2.76. The monoisotopic (exact) mass is 286 g/mol. The molecule has 1 fully saturated rings. The van der Waals surface area contributed by atoms with Crippen LogP contribution in [0.4, 0.5) is 0 Å². The van der Waals surface area contributed by atoms with Crippen LogP contribution in [0, 0.1) is 12.8 Å². The topological polar surface area (TPSA) is 68.2 Å². The maximum absolute atomic E-state index is 5.97. The van der Waals surface area contributed by atoms with Crippen LogP contribution in [0.5, 0.6) is 0 Å². The van der Waals surface area contributed by atoms with Gasteiger partial charge in [-0.15, -0.1) is 10.2 Å². The molecule has 112 valence electrons. The standard InChI is InChI=1S/C16H22N4O/c1-11-3-5-13(6-4-11)16-19-18-15(21-16)10-20-8-7-14(9-20)12(2)17/h3-6,12,14H,7-10,17H2,1-2H3. The van der Waals surface area contributed by atoms with Crippen LogP contribution in [-0.2, 0) is 6.54 Å². The molecule has 1 aliphatic rings. The molecular weight excluding hydrogens is 264 g/mol. The van der Waals surface area contributed by atoms with Crippen LogP contribution in [-0.4, -0.2) is 34.2 Å². The molecule has 2 heterocycles. The number of aryl methyl sites for hydroxylation is 1. The smallest absolute Gasteiger partial charge is 0.247 e. The summed E-state index contributed by atoms with van der Waals surface area (Å²) in [5, 5.41) is 8.30. The zero-order valence-corrected chi connectivity index (χ0v) is 12.6. The lowest BCUT2D eigenvalue weighted by Gasteiger charge is -2.15. The summed E-state index contributed by atoms with van der Waals surface area (Å²) in [6.45, 7) is 6.91. The molecular formula is C16H22N4O. The van der Waals surface area contributed by atoms with E-state index in [0.717, 1.165) is 25.1 Å². The summed E-state index contributed by atoms with van der Waals surface area (Å²) in [7, 11) is 0. The molecule has 0 aliphatic carbocycles. The molecule has 1 aromatic heterocycles. The molecule has 1 saturated heterocycles. The fraction of sp³-hybridized carbons (Fsp3) is 0.500. The van der Waals surface area contributed by atoms with Crippen molar-refractivity contribution in [3.63, 3.8) is 0 Å². The second kappa shape index (κ2) is 5.95. The fourth-order valence-electron chi connectivity index (χ4n) is 2.76. The first-order valence-corrected chi connectivity index (χ1v) is 7.49. The second-order valence-electron chi connectivity index (χ2n) is 6.01. The number of nitrogens with zero attached hydrogens (tertiary/aromatic N) is 3. The van der Waals surface area contributed by atoms with Gasteiger partial charge in [0.15, 0.2) is 0 Å². The average Bonchev–Trinajstić information content (AvgIpc) is 3.10. The molecule has 2 unspecified atom stereocenters. The zero-order valence-electron chi connectivity index (χ0n) is 12.6. The Hall–Kier alpha value is -1.72. The SMILES string of the molecule is Cc1ccc(-c2nnc(CN3CCC(C(C)N)C3)o2)cc1. The van der Waals surface area contributed by atoms with E-state index in [1.807, 2.05) is 24.3 Å². The van der Waals surface area contributed by atoms with E-state index in [2.05, 4.69) is 28.9 Å². The van der Waals surface area contributed by atoms with E-state index in [4.69, 9.17) is 10.2 Å². The van der Waals surface area contributed by atoms with Crippen LogP contribution >= 0.6 is 0 Å². The number of aromatic nitrogens is 2. The third-order valence-corrected chi connectivity index (χ3v) is 4.18. The molecule has 0 radical (unpaired) electrons. The van der Waals surface area contributed by atoms with Gasteiger partial charge in [-0.2, -0.15) is 0 Å². The molecule has 1 aliphatic heterocycles. The predicted molar refractivity (Wildman–Crippen MR) is 81.5 cm³/mol. The van der Waals surface area contributed by atoms with Gasteiger partial charge in [0.1, 0.15) is 0 Å². The average molecular weight is 286 g/mol. The summed E-state index contributed by atoms with van der Waals surface area (Å²) >= 11 is 0. The van der Waals surface area contributed by atoms with E-state index in [0.29, 0.717) is 24.2 Å². The van der Waals surface area contributed by atoms with Crippen LogP contribution in [0.1, 0.15) is 24.8 Å². The van der Waals surface area contributed by atoms with Crippen molar-refractivity contribution in [3.8, 4) is 11.5 Å². The normalized spacial score (nSPS) is 20.8. The largest absolute Gasteiger partial charge is 0.419 e. The van der Waals surface area contributed by atoms with Crippen molar-refractivity contribution in [1.29, 1.82) is 0 Å². The second-order valence-corrected chi connectivity index (χ2v) is 6.01. The highest BCUT2D eigenvalue weighted by atomic mass is 16.4. The maximum Gasteiger partial charge on any atom is 0.247 e. The van der Waals surface area contributed by atoms with Crippen molar-refractivity contribution in [2.75, 3.05) is 13.1 Å². The molecule has 2 atom stereocenters. The van der Waals surface area contributed by atoms with Gasteiger partial charge < -0.3 is 10.2 Å². The Kier molecular flexibility index (Phi) is 4.03. The molecule has 2 N–H and O–H groups in total. The highest BCUT2D eigenvalue weighted by Gasteiger charge is 2.26. The third kappa shape index (κ3) is 3.31. The summed E-state index contributed by atoms with van der Waals surface area (Å²) in [4.78, 5) is 2.33. The van der Waals surface area contributed by atoms with Gasteiger partial charge >= 0.3 is 0 Å². The van der Waals surface area contributed by atoms with Crippen molar-refractivity contribution < 1.29 is 4.42 Å². The lowest BCUT2D eigenvalue weighted by Crippen LogP contribution is -2.29. The summed E-state index contributed by atoms with van der Waals surface area (Å²) in [5.74, 6) is 1.84. The van der Waals surface area contributed by atoms with Gasteiger partial charge in [-0.05, 0) is 44.9 Å². The van der Waals surface area contributed by atoms with Crippen molar-refractivity contribution in [2.24, 2.45) is 11.7 Å². The summed E-state index contributed by atoms with van der Waals surface area (Å²) < 4.78 is 5.77. The van der Waals surface area contributed by atoms with Crippen molar-refractivity contribution in [1.82, 2.24) is 15.1 Å². The van der Waals surface area contributed by atoms with Crippen LogP contribution in [0.3, 0.4) is 0 Å². The van der Waals surface area contributed by atoms with Crippen LogP contribution in [0.2, 0.25) is 0 Å². The summed E-state index contributed by atoms with van der Waals surface area (Å²) in [6.07, 6.45) is 1.15. The summed E-state index contributed by atoms with van der Waals surface area (Å²) in [5.41, 5.74) is 8.15. The van der Waals surface area contributed by atoms with E-state index in [1.54, 1.807) is 0 Å². The molecule has 3 rings (SSSR count). The number of nitrogens with two attached hydrogens (primary N) is 1. The highest BCUT2D eigenvalue weighted by molar-refractivity contribution is 5.52. The Labute approximate surface area is 125 Å². The Morgan fingerprint density at radius 3 is 2.76 bits per heavy atom. The number of benzene rings is 1. The minimum Gasteiger partial charge on any atom is -0.419 e. The van der Waals surface area contributed by atoms with Gasteiger partial charge in [-0.25, -0.2) is 0 Å². The van der Waals surface area contributed by atoms with Gasteiger partial charge in [-0.1, -0.05) is 17.7 Å². The van der Waals surface area contributed by atoms with Gasteiger partial charge in [-0.3, -0.25) is 4.90 Å². The van der Waals surface area contributed by atoms with Crippen LogP contribution in [0.15, 0.2) is 28.7 Å². The predicted octanol–water partition coefficient (Wildman–Crippen LogP) is 2.21. The molecule has 1 aromatic carbocycles. The van der Waals surface area contributed by atoms with Crippen molar-refractivity contribution in [2.45, 2.75) is 32.9 Å². The molecule has 2 aromatic rings. The molecule has 5 nitrogen and oxygen atoms in total. The quantitative estimate of drug-likeness (QED) is 0.933. The van der Waals surface area contributed by atoms with Crippen molar-refractivity contribution >= 4 is 0 Å². The maximum atomic E-state index is 5.97. The van der Waals surface area contributed by atoms with Crippen molar-refractivity contribution in [3.05, 3.63) is 35.7 Å². The number of hydrogen-bond acceptors (Lipinski definition) is 5. The molecule has 0 bridgehead atoms. The minimum atomic E-state index is 0.251. The minimum absolute atomic E-state index is 0.251. The zero-order chi connectivity index (χ0) is 14.8. The Morgan fingerprint density at radius 1 is 1.33 bits per heavy atom. The molecule has 0 saturated carbocycles. The van der Waals surface area contributed by atoms with E-state index < -0.39 is 0 Å². The number of likely N-dealkylation sites (tertiary alicyclic amines) is 1. The van der Waals surface area contributed by atoms with E-state index in [1.165, 1.54) is 5.56 Å². The lowest BCUT2D eigenvalue weighted by molar-refractivity contribution is 0.276. The molecule has 5 heteroatoms. The first kappa shape index (κ1) is 14.2. The summed E-state index contributed by atoms with van der Waals surface area (Å²) in [6, 6.07) is 8.36. The van der Waals surface area contributed by atoms with Gasteiger partial charge in [0.2, 0.25) is 11.8 Å². The van der Waals surface area contributed by atoms with Gasteiger partial charge in [0.25, 0.3) is 0 Å². The van der Waals surface area contributed by atoms with E-state index in [-0.39, 0.29) is 6.04 Å². The Balaban J connectivity index is 1.64. The van der Waals surface area contributed by atoms with Crippen LogP contribution in [0.25, 0.3) is 11.5 Å². The number of rotatable bonds is 4. The first-order chi connectivity index (χ1) is 10.1. The van der Waals surface area contributed by atoms with E-state index >= 15 is 0 Å². The van der Waals surface area contributed by atoms with Crippen LogP contribution < -0.4 is 5.73 Å². The lowest BCUT2D eigenvalue weighted by atomic mass is 10.0. The molecule has 21 heavy (non-hydrogen) atoms. The first-order valence-electron chi connectivity index (χ1n) is 7.49. The highest BCUT2D eigenvalue weighted by Crippen LogP contribution is 2.22. The third-order valence-electron chi connectivity index (χ3n) is 4.18. The Morgan fingerprint density at radius 2 is 2.10 bits per heavy atom. The Bertz CT molecular complexity index is 591. The van der Waals surface area contributed by atoms with E-state index in [9.17, 15) is 0 Å². The van der Waals surface area contributed by atoms with Gasteiger partial charge in [0.05, 0.1) is 6.54 Å². The van der Waals surface area contributed by atoms with Gasteiger partial charge in [0, 0.05) is 18.2 Å².